The molecule has 2 rings (SSSR count). The van der Waals surface area contributed by atoms with Gasteiger partial charge in [0.2, 0.25) is 0 Å². The summed E-state index contributed by atoms with van der Waals surface area (Å²) < 4.78 is 15.8. The maximum Gasteiger partial charge on any atom is 0.340 e. The largest absolute Gasteiger partial charge is 0.493 e. The summed E-state index contributed by atoms with van der Waals surface area (Å²) in [6.07, 6.45) is 3.31. The van der Waals surface area contributed by atoms with E-state index < -0.39 is 5.97 Å². The van der Waals surface area contributed by atoms with Crippen LogP contribution in [0.1, 0.15) is 26.3 Å². The third-order valence-electron chi connectivity index (χ3n) is 4.20. The molecule has 1 aliphatic rings. The van der Waals surface area contributed by atoms with Crippen LogP contribution in [-0.4, -0.2) is 43.6 Å². The van der Waals surface area contributed by atoms with Crippen molar-refractivity contribution in [3.05, 3.63) is 53.3 Å². The fraction of sp³-hybridized carbons (Fsp3) is 0.333. The summed E-state index contributed by atoms with van der Waals surface area (Å²) in [5.74, 6) is 0.334. The number of amides is 1. The second-order valence-corrected chi connectivity index (χ2v) is 6.29. The number of hydrogen-bond acceptors (Lipinski definition) is 5. The second kappa shape index (κ2) is 8.58. The predicted molar refractivity (Wildman–Crippen MR) is 103 cm³/mol. The number of hydrogen-bond donors (Lipinski definition) is 0. The molecule has 27 heavy (non-hydrogen) atoms. The minimum atomic E-state index is -0.534. The Morgan fingerprint density at radius 1 is 1.26 bits per heavy atom. The summed E-state index contributed by atoms with van der Waals surface area (Å²) in [4.78, 5) is 26.8. The zero-order valence-electron chi connectivity index (χ0n) is 16.4. The van der Waals surface area contributed by atoms with E-state index in [1.54, 1.807) is 42.2 Å². The summed E-state index contributed by atoms with van der Waals surface area (Å²) >= 11 is 0. The maximum atomic E-state index is 12.9. The van der Waals surface area contributed by atoms with Crippen molar-refractivity contribution < 1.29 is 23.8 Å². The van der Waals surface area contributed by atoms with Crippen LogP contribution in [0.15, 0.2) is 47.7 Å². The fourth-order valence-corrected chi connectivity index (χ4v) is 3.03. The zero-order chi connectivity index (χ0) is 20.1. The van der Waals surface area contributed by atoms with Gasteiger partial charge in [-0.05, 0) is 44.5 Å². The van der Waals surface area contributed by atoms with Crippen molar-refractivity contribution in [2.45, 2.75) is 26.8 Å². The van der Waals surface area contributed by atoms with Gasteiger partial charge in [-0.15, -0.1) is 0 Å². The second-order valence-electron chi connectivity index (χ2n) is 6.29. The Kier molecular flexibility index (Phi) is 6.45. The van der Waals surface area contributed by atoms with Crippen molar-refractivity contribution in [2.24, 2.45) is 0 Å². The Morgan fingerprint density at radius 3 is 2.52 bits per heavy atom. The Morgan fingerprint density at radius 2 is 1.96 bits per heavy atom. The average molecular weight is 371 g/mol. The zero-order valence-corrected chi connectivity index (χ0v) is 16.4. The van der Waals surface area contributed by atoms with Crippen molar-refractivity contribution in [1.82, 2.24) is 4.90 Å². The third kappa shape index (κ3) is 4.05. The van der Waals surface area contributed by atoms with E-state index in [1.165, 1.54) is 14.2 Å². The van der Waals surface area contributed by atoms with E-state index in [0.717, 1.165) is 0 Å². The molecule has 0 N–H and O–H groups in total. The van der Waals surface area contributed by atoms with Crippen molar-refractivity contribution in [3.8, 4) is 11.5 Å². The number of benzene rings is 1. The number of allylic oxidation sites excluding steroid dienone is 1. The molecule has 6 heteroatoms. The van der Waals surface area contributed by atoms with Gasteiger partial charge in [-0.1, -0.05) is 18.7 Å². The molecule has 0 fully saturated rings. The van der Waals surface area contributed by atoms with Gasteiger partial charge in [-0.25, -0.2) is 4.79 Å². The van der Waals surface area contributed by atoms with E-state index >= 15 is 0 Å². The van der Waals surface area contributed by atoms with Gasteiger partial charge >= 0.3 is 5.97 Å². The molecule has 0 aromatic heterocycles. The number of ether oxygens (including phenoxy) is 3. The van der Waals surface area contributed by atoms with Gasteiger partial charge < -0.3 is 19.1 Å². The summed E-state index contributed by atoms with van der Waals surface area (Å²) in [7, 11) is 2.84. The van der Waals surface area contributed by atoms with Crippen molar-refractivity contribution in [3.63, 3.8) is 0 Å². The smallest absolute Gasteiger partial charge is 0.340 e. The molecule has 1 aromatic carbocycles. The average Bonchev–Trinajstić information content (AvgIpc) is 2.89. The monoisotopic (exact) mass is 371 g/mol. The van der Waals surface area contributed by atoms with Crippen LogP contribution < -0.4 is 9.47 Å². The molecule has 1 aliphatic heterocycles. The third-order valence-corrected chi connectivity index (χ3v) is 4.20. The molecule has 144 valence electrons. The number of nitrogens with zero attached hydrogens (tertiary/aromatic N) is 1. The summed E-state index contributed by atoms with van der Waals surface area (Å²) in [6.45, 7) is 9.52. The lowest BCUT2D eigenvalue weighted by Crippen LogP contribution is -2.31. The molecule has 1 amide bonds. The van der Waals surface area contributed by atoms with Crippen LogP contribution in [0, 0.1) is 0 Å². The highest BCUT2D eigenvalue weighted by molar-refractivity contribution is 6.16. The first-order valence-electron chi connectivity index (χ1n) is 8.62. The predicted octanol–water partition coefficient (Wildman–Crippen LogP) is 3.34. The van der Waals surface area contributed by atoms with Gasteiger partial charge in [-0.2, -0.15) is 0 Å². The molecule has 1 aromatic rings. The number of methoxy groups -OCH3 is 2. The van der Waals surface area contributed by atoms with E-state index in [4.69, 9.17) is 14.2 Å². The van der Waals surface area contributed by atoms with Gasteiger partial charge in [0, 0.05) is 11.7 Å². The number of rotatable bonds is 7. The van der Waals surface area contributed by atoms with Crippen LogP contribution in [0.3, 0.4) is 0 Å². The van der Waals surface area contributed by atoms with Gasteiger partial charge in [-0.3, -0.25) is 4.79 Å². The molecule has 0 aliphatic carbocycles. The van der Waals surface area contributed by atoms with Crippen LogP contribution in [0.2, 0.25) is 0 Å². The minimum Gasteiger partial charge on any atom is -0.493 e. The number of carbonyl (C=O) groups excluding carboxylic acids is 2. The molecule has 0 spiro atoms. The van der Waals surface area contributed by atoms with Crippen molar-refractivity contribution in [1.29, 1.82) is 0 Å². The Bertz CT molecular complexity index is 820. The molecule has 0 saturated carbocycles. The first-order chi connectivity index (χ1) is 12.8. The molecule has 6 nitrogen and oxygen atoms in total. The highest BCUT2D eigenvalue weighted by Crippen LogP contribution is 2.34. The van der Waals surface area contributed by atoms with Gasteiger partial charge in [0.25, 0.3) is 5.91 Å². The van der Waals surface area contributed by atoms with Crippen LogP contribution in [0.5, 0.6) is 11.5 Å². The number of esters is 1. The summed E-state index contributed by atoms with van der Waals surface area (Å²) in [5, 5.41) is 0. The van der Waals surface area contributed by atoms with E-state index in [1.807, 2.05) is 13.8 Å². The van der Waals surface area contributed by atoms with Crippen LogP contribution in [0.4, 0.5) is 0 Å². The normalized spacial score (nSPS) is 15.6. The molecule has 1 heterocycles. The minimum absolute atomic E-state index is 0.0766. The molecule has 0 saturated heterocycles. The molecular formula is C21H25NO5. The van der Waals surface area contributed by atoms with E-state index in [9.17, 15) is 9.59 Å². The molecule has 0 radical (unpaired) electrons. The van der Waals surface area contributed by atoms with E-state index in [0.29, 0.717) is 34.9 Å². The summed E-state index contributed by atoms with van der Waals surface area (Å²) in [6, 6.07) is 5.22. The maximum absolute atomic E-state index is 12.9. The lowest BCUT2D eigenvalue weighted by atomic mass is 10.0. The first kappa shape index (κ1) is 20.3. The van der Waals surface area contributed by atoms with Crippen molar-refractivity contribution in [2.75, 3.05) is 20.8 Å². The van der Waals surface area contributed by atoms with Gasteiger partial charge in [0.15, 0.2) is 11.5 Å². The van der Waals surface area contributed by atoms with Crippen LogP contribution in [-0.2, 0) is 14.3 Å². The quantitative estimate of drug-likeness (QED) is 0.418. The SMILES string of the molecule is C=CCOc1ccc(/C=C2\C(=O)N(C(C)C)C(C)=C2C(=O)OC)cc1OC. The molecular weight excluding hydrogens is 346 g/mol. The Labute approximate surface area is 159 Å². The standard InChI is InChI=1S/C21H25NO5/c1-7-10-27-17-9-8-15(12-18(17)25-5)11-16-19(21(24)26-6)14(4)22(13(2)3)20(16)23/h7-9,11-13H,1,10H2,2-6H3/b16-11-. The lowest BCUT2D eigenvalue weighted by Gasteiger charge is -2.22. The topological polar surface area (TPSA) is 65.1 Å². The Balaban J connectivity index is 2.51. The lowest BCUT2D eigenvalue weighted by molar-refractivity contribution is -0.136. The Hall–Kier alpha value is -3.02. The van der Waals surface area contributed by atoms with Gasteiger partial charge in [0.05, 0.1) is 25.4 Å². The van der Waals surface area contributed by atoms with E-state index in [2.05, 4.69) is 6.58 Å². The molecule has 0 unspecified atom stereocenters. The van der Waals surface area contributed by atoms with Crippen LogP contribution >= 0.6 is 0 Å². The van der Waals surface area contributed by atoms with Crippen LogP contribution in [0.25, 0.3) is 6.08 Å². The van der Waals surface area contributed by atoms with Crippen molar-refractivity contribution >= 4 is 18.0 Å². The highest BCUT2D eigenvalue weighted by atomic mass is 16.5. The molecule has 0 bridgehead atoms. The fourth-order valence-electron chi connectivity index (χ4n) is 3.03. The first-order valence-corrected chi connectivity index (χ1v) is 8.62. The molecule has 0 atom stereocenters. The highest BCUT2D eigenvalue weighted by Gasteiger charge is 2.38. The van der Waals surface area contributed by atoms with E-state index in [-0.39, 0.29) is 17.5 Å². The summed E-state index contributed by atoms with van der Waals surface area (Å²) in [5.41, 5.74) is 1.88. The number of carbonyl (C=O) groups is 2. The van der Waals surface area contributed by atoms with Gasteiger partial charge in [0.1, 0.15) is 6.61 Å².